The van der Waals surface area contributed by atoms with Crippen LogP contribution < -0.4 is 10.9 Å². The number of anilines is 1. The molecule has 1 heterocycles. The van der Waals surface area contributed by atoms with Crippen molar-refractivity contribution in [3.05, 3.63) is 62.5 Å². The number of nitrogens with one attached hydrogen (secondary N) is 1. The highest BCUT2D eigenvalue weighted by molar-refractivity contribution is 6.35. The fourth-order valence-electron chi connectivity index (χ4n) is 1.55. The van der Waals surface area contributed by atoms with Gasteiger partial charge in [-0.3, -0.25) is 9.59 Å². The monoisotopic (exact) mass is 296 g/mol. The number of hydrogen-bond donors (Lipinski definition) is 1. The van der Waals surface area contributed by atoms with Crippen LogP contribution in [-0.2, 0) is 7.05 Å². The van der Waals surface area contributed by atoms with Crippen LogP contribution in [0.25, 0.3) is 0 Å². The number of halogens is 2. The van der Waals surface area contributed by atoms with Crippen LogP contribution in [0.4, 0.5) is 5.69 Å². The summed E-state index contributed by atoms with van der Waals surface area (Å²) in [6, 6.07) is 7.78. The summed E-state index contributed by atoms with van der Waals surface area (Å²) in [5.41, 5.74) is 0.0317. The Morgan fingerprint density at radius 3 is 2.74 bits per heavy atom. The molecule has 19 heavy (non-hydrogen) atoms. The molecule has 1 aromatic carbocycles. The molecule has 0 fully saturated rings. The lowest BCUT2D eigenvalue weighted by molar-refractivity contribution is 0.102. The standard InChI is InChI=1S/C13H10Cl2N2O2/c1-17-6-2-3-9(13(17)19)12(18)16-11-7-8(14)4-5-10(11)15/h2-7H,1H3,(H,16,18). The van der Waals surface area contributed by atoms with Crippen molar-refractivity contribution in [3.63, 3.8) is 0 Å². The van der Waals surface area contributed by atoms with Gasteiger partial charge in [0, 0.05) is 18.3 Å². The lowest BCUT2D eigenvalue weighted by Crippen LogP contribution is -2.27. The van der Waals surface area contributed by atoms with Crippen LogP contribution in [0.1, 0.15) is 10.4 Å². The van der Waals surface area contributed by atoms with Gasteiger partial charge in [0.15, 0.2) is 0 Å². The maximum absolute atomic E-state index is 12.0. The average Bonchev–Trinajstić information content (AvgIpc) is 2.37. The van der Waals surface area contributed by atoms with Crippen molar-refractivity contribution in [2.24, 2.45) is 7.05 Å². The van der Waals surface area contributed by atoms with Crippen LogP contribution in [0.3, 0.4) is 0 Å². The van der Waals surface area contributed by atoms with Gasteiger partial charge in [0.25, 0.3) is 11.5 Å². The molecule has 0 atom stereocenters. The van der Waals surface area contributed by atoms with Crippen LogP contribution in [0.5, 0.6) is 0 Å². The van der Waals surface area contributed by atoms with E-state index in [9.17, 15) is 9.59 Å². The molecule has 0 saturated heterocycles. The number of nitrogens with zero attached hydrogens (tertiary/aromatic N) is 1. The molecule has 0 spiro atoms. The fourth-order valence-corrected chi connectivity index (χ4v) is 1.89. The van der Waals surface area contributed by atoms with Crippen molar-refractivity contribution in [3.8, 4) is 0 Å². The molecule has 2 aromatic rings. The highest BCUT2D eigenvalue weighted by Crippen LogP contribution is 2.25. The quantitative estimate of drug-likeness (QED) is 0.926. The predicted molar refractivity (Wildman–Crippen MR) is 76.1 cm³/mol. The predicted octanol–water partition coefficient (Wildman–Crippen LogP) is 2.94. The van der Waals surface area contributed by atoms with E-state index in [-0.39, 0.29) is 11.1 Å². The number of aromatic nitrogens is 1. The summed E-state index contributed by atoms with van der Waals surface area (Å²) in [7, 11) is 1.57. The Hall–Kier alpha value is -1.78. The van der Waals surface area contributed by atoms with E-state index in [1.54, 1.807) is 31.4 Å². The summed E-state index contributed by atoms with van der Waals surface area (Å²) in [5, 5.41) is 3.36. The third kappa shape index (κ3) is 2.97. The minimum atomic E-state index is -0.523. The fraction of sp³-hybridized carbons (Fsp3) is 0.0769. The zero-order chi connectivity index (χ0) is 14.0. The molecule has 0 aliphatic carbocycles. The molecule has 1 N–H and O–H groups in total. The third-order valence-corrected chi connectivity index (χ3v) is 3.11. The maximum atomic E-state index is 12.0. The Labute approximate surface area is 119 Å². The normalized spacial score (nSPS) is 10.3. The Morgan fingerprint density at radius 1 is 1.26 bits per heavy atom. The second kappa shape index (κ2) is 5.47. The number of amides is 1. The van der Waals surface area contributed by atoms with Crippen molar-refractivity contribution in [1.82, 2.24) is 4.57 Å². The van der Waals surface area contributed by atoms with Gasteiger partial charge in [-0.05, 0) is 30.3 Å². The van der Waals surface area contributed by atoms with Crippen molar-refractivity contribution in [1.29, 1.82) is 0 Å². The van der Waals surface area contributed by atoms with Gasteiger partial charge >= 0.3 is 0 Å². The molecule has 0 aliphatic heterocycles. The minimum Gasteiger partial charge on any atom is -0.320 e. The molecule has 1 aromatic heterocycles. The summed E-state index contributed by atoms with van der Waals surface area (Å²) in [6.45, 7) is 0. The molecule has 1 amide bonds. The summed E-state index contributed by atoms with van der Waals surface area (Å²) >= 11 is 11.8. The van der Waals surface area contributed by atoms with E-state index < -0.39 is 5.91 Å². The second-order valence-electron chi connectivity index (χ2n) is 3.92. The van der Waals surface area contributed by atoms with E-state index in [1.165, 1.54) is 16.7 Å². The second-order valence-corrected chi connectivity index (χ2v) is 4.76. The van der Waals surface area contributed by atoms with Gasteiger partial charge < -0.3 is 9.88 Å². The molecule has 0 unspecified atom stereocenters. The van der Waals surface area contributed by atoms with Crippen molar-refractivity contribution in [2.75, 3.05) is 5.32 Å². The van der Waals surface area contributed by atoms with Crippen molar-refractivity contribution < 1.29 is 4.79 Å². The lowest BCUT2D eigenvalue weighted by atomic mass is 10.2. The average molecular weight is 297 g/mol. The van der Waals surface area contributed by atoms with Gasteiger partial charge in [-0.1, -0.05) is 23.2 Å². The van der Waals surface area contributed by atoms with Crippen LogP contribution in [0, 0.1) is 0 Å². The molecule has 0 bridgehead atoms. The summed E-state index contributed by atoms with van der Waals surface area (Å²) in [5.74, 6) is -0.523. The van der Waals surface area contributed by atoms with E-state index in [4.69, 9.17) is 23.2 Å². The lowest BCUT2D eigenvalue weighted by Gasteiger charge is -2.08. The molecule has 0 aliphatic rings. The van der Waals surface area contributed by atoms with E-state index >= 15 is 0 Å². The van der Waals surface area contributed by atoms with Gasteiger partial charge in [-0.25, -0.2) is 0 Å². The molecule has 0 saturated carbocycles. The minimum absolute atomic E-state index is 0.0426. The molecule has 98 valence electrons. The molecule has 2 rings (SSSR count). The number of rotatable bonds is 2. The number of carbonyl (C=O) groups excluding carboxylic acids is 1. The smallest absolute Gasteiger partial charge is 0.263 e. The highest BCUT2D eigenvalue weighted by Gasteiger charge is 2.13. The van der Waals surface area contributed by atoms with Gasteiger partial charge in [0.2, 0.25) is 0 Å². The van der Waals surface area contributed by atoms with Gasteiger partial charge in [-0.2, -0.15) is 0 Å². The van der Waals surface area contributed by atoms with Gasteiger partial charge in [0.1, 0.15) is 5.56 Å². The van der Waals surface area contributed by atoms with E-state index in [1.807, 2.05) is 0 Å². The Kier molecular flexibility index (Phi) is 3.93. The number of hydrogen-bond acceptors (Lipinski definition) is 2. The van der Waals surface area contributed by atoms with Gasteiger partial charge in [0.05, 0.1) is 10.7 Å². The zero-order valence-electron chi connectivity index (χ0n) is 9.98. The first-order chi connectivity index (χ1) is 8.99. The topological polar surface area (TPSA) is 51.1 Å². The third-order valence-electron chi connectivity index (χ3n) is 2.54. The Bertz CT molecular complexity index is 695. The highest BCUT2D eigenvalue weighted by atomic mass is 35.5. The number of carbonyl (C=O) groups is 1. The first-order valence-electron chi connectivity index (χ1n) is 5.41. The first kappa shape index (κ1) is 13.6. The molecular weight excluding hydrogens is 287 g/mol. The number of aryl methyl sites for hydroxylation is 1. The van der Waals surface area contributed by atoms with E-state index in [0.29, 0.717) is 15.7 Å². The molecule has 0 radical (unpaired) electrons. The first-order valence-corrected chi connectivity index (χ1v) is 6.16. The van der Waals surface area contributed by atoms with Crippen LogP contribution in [0.15, 0.2) is 41.3 Å². The Balaban J connectivity index is 2.34. The summed E-state index contributed by atoms with van der Waals surface area (Å²) < 4.78 is 1.33. The summed E-state index contributed by atoms with van der Waals surface area (Å²) in [4.78, 5) is 23.8. The largest absolute Gasteiger partial charge is 0.320 e. The van der Waals surface area contributed by atoms with Crippen LogP contribution in [0.2, 0.25) is 10.0 Å². The number of pyridine rings is 1. The molecule has 6 heteroatoms. The van der Waals surface area contributed by atoms with Crippen LogP contribution in [-0.4, -0.2) is 10.5 Å². The number of benzene rings is 1. The summed E-state index contributed by atoms with van der Waals surface area (Å²) in [6.07, 6.45) is 1.57. The van der Waals surface area contributed by atoms with Crippen molar-refractivity contribution >= 4 is 34.8 Å². The molecular formula is C13H10Cl2N2O2. The Morgan fingerprint density at radius 2 is 2.00 bits per heavy atom. The van der Waals surface area contributed by atoms with Gasteiger partial charge in [-0.15, -0.1) is 0 Å². The van der Waals surface area contributed by atoms with E-state index in [2.05, 4.69) is 5.32 Å². The SMILES string of the molecule is Cn1cccc(C(=O)Nc2cc(Cl)ccc2Cl)c1=O. The maximum Gasteiger partial charge on any atom is 0.263 e. The van der Waals surface area contributed by atoms with Crippen LogP contribution >= 0.6 is 23.2 Å². The van der Waals surface area contributed by atoms with E-state index in [0.717, 1.165) is 0 Å². The van der Waals surface area contributed by atoms with Crippen molar-refractivity contribution in [2.45, 2.75) is 0 Å². The molecule has 4 nitrogen and oxygen atoms in total. The zero-order valence-corrected chi connectivity index (χ0v) is 11.5.